The zero-order chi connectivity index (χ0) is 17.3. The molecule has 0 N–H and O–H groups in total. The zero-order valence-electron chi connectivity index (χ0n) is 15.7. The molecule has 1 fully saturated rings. The Morgan fingerprint density at radius 2 is 1.52 bits per heavy atom. The third-order valence-electron chi connectivity index (χ3n) is 5.97. The Morgan fingerprint density at radius 1 is 0.880 bits per heavy atom. The van der Waals surface area contributed by atoms with E-state index < -0.39 is 0 Å². The van der Waals surface area contributed by atoms with Crippen molar-refractivity contribution in [2.24, 2.45) is 5.92 Å². The predicted molar refractivity (Wildman–Crippen MR) is 108 cm³/mol. The fourth-order valence-electron chi connectivity index (χ4n) is 4.15. The van der Waals surface area contributed by atoms with Crippen molar-refractivity contribution in [2.45, 2.75) is 51.4 Å². The van der Waals surface area contributed by atoms with Crippen molar-refractivity contribution >= 4 is 0 Å². The second-order valence-electron chi connectivity index (χ2n) is 7.61. The highest BCUT2D eigenvalue weighted by Gasteiger charge is 2.20. The first-order chi connectivity index (χ1) is 12.3. The van der Waals surface area contributed by atoms with E-state index in [1.165, 1.54) is 69.3 Å². The molecule has 1 nitrogen and oxygen atoms in total. The van der Waals surface area contributed by atoms with E-state index in [-0.39, 0.29) is 0 Å². The van der Waals surface area contributed by atoms with Crippen LogP contribution in [0, 0.1) is 5.92 Å². The van der Waals surface area contributed by atoms with Gasteiger partial charge in [-0.1, -0.05) is 74.0 Å². The third-order valence-corrected chi connectivity index (χ3v) is 5.97. The van der Waals surface area contributed by atoms with Gasteiger partial charge in [-0.25, -0.2) is 0 Å². The Morgan fingerprint density at radius 3 is 2.16 bits per heavy atom. The lowest BCUT2D eigenvalue weighted by atomic mass is 9.89. The summed E-state index contributed by atoms with van der Waals surface area (Å²) in [5.41, 5.74) is 3.03. The zero-order valence-corrected chi connectivity index (χ0v) is 15.7. The number of rotatable bonds is 8. The number of benzene rings is 2. The molecule has 0 aliphatic carbocycles. The monoisotopic (exact) mass is 335 g/mol. The van der Waals surface area contributed by atoms with Crippen LogP contribution in [0.25, 0.3) is 0 Å². The van der Waals surface area contributed by atoms with Gasteiger partial charge >= 0.3 is 0 Å². The molecule has 1 unspecified atom stereocenters. The Labute approximate surface area is 154 Å². The molecule has 0 bridgehead atoms. The smallest absolute Gasteiger partial charge is 0.00129 e. The SMILES string of the molecule is CCC(CCc1ccccc1)CCN1CCC(c2ccccc2)CC1. The fraction of sp³-hybridized carbons (Fsp3) is 0.500. The van der Waals surface area contributed by atoms with Crippen LogP contribution in [0.1, 0.15) is 56.1 Å². The minimum Gasteiger partial charge on any atom is -0.303 e. The Bertz CT molecular complexity index is 584. The second-order valence-corrected chi connectivity index (χ2v) is 7.61. The van der Waals surface area contributed by atoms with E-state index in [0.717, 1.165) is 11.8 Å². The maximum Gasteiger partial charge on any atom is -0.00129 e. The summed E-state index contributed by atoms with van der Waals surface area (Å²) in [6, 6.07) is 22.1. The van der Waals surface area contributed by atoms with Crippen molar-refractivity contribution in [2.75, 3.05) is 19.6 Å². The minimum atomic E-state index is 0.775. The van der Waals surface area contributed by atoms with E-state index in [4.69, 9.17) is 0 Å². The first kappa shape index (κ1) is 18.2. The number of hydrogen-bond acceptors (Lipinski definition) is 1. The van der Waals surface area contributed by atoms with Gasteiger partial charge in [-0.15, -0.1) is 0 Å². The molecule has 2 aromatic carbocycles. The van der Waals surface area contributed by atoms with Gasteiger partial charge < -0.3 is 4.90 Å². The minimum absolute atomic E-state index is 0.775. The Balaban J connectivity index is 1.38. The van der Waals surface area contributed by atoms with Crippen molar-refractivity contribution in [3.8, 4) is 0 Å². The summed E-state index contributed by atoms with van der Waals surface area (Å²) in [6.07, 6.45) is 7.89. The van der Waals surface area contributed by atoms with Gasteiger partial charge in [0.2, 0.25) is 0 Å². The maximum atomic E-state index is 2.70. The van der Waals surface area contributed by atoms with Crippen LogP contribution in [0.5, 0.6) is 0 Å². The largest absolute Gasteiger partial charge is 0.303 e. The molecule has 1 aliphatic heterocycles. The molecule has 0 spiro atoms. The lowest BCUT2D eigenvalue weighted by molar-refractivity contribution is 0.195. The van der Waals surface area contributed by atoms with Gasteiger partial charge in [0.25, 0.3) is 0 Å². The summed E-state index contributed by atoms with van der Waals surface area (Å²) >= 11 is 0. The van der Waals surface area contributed by atoms with Gasteiger partial charge in [0.1, 0.15) is 0 Å². The van der Waals surface area contributed by atoms with Crippen LogP contribution >= 0.6 is 0 Å². The molecular formula is C24H33N. The highest BCUT2D eigenvalue weighted by molar-refractivity contribution is 5.20. The van der Waals surface area contributed by atoms with Crippen LogP contribution in [0.2, 0.25) is 0 Å². The van der Waals surface area contributed by atoms with Crippen molar-refractivity contribution in [3.05, 3.63) is 71.8 Å². The van der Waals surface area contributed by atoms with Gasteiger partial charge in [0.15, 0.2) is 0 Å². The summed E-state index contributed by atoms with van der Waals surface area (Å²) in [5, 5.41) is 0. The molecule has 0 radical (unpaired) electrons. The Hall–Kier alpha value is -1.60. The standard InChI is InChI=1S/C24H33N/c1-2-21(13-14-22-9-5-3-6-10-22)15-18-25-19-16-24(17-20-25)23-11-7-4-8-12-23/h3-12,21,24H,2,13-20H2,1H3. The summed E-state index contributed by atoms with van der Waals surface area (Å²) in [4.78, 5) is 2.70. The van der Waals surface area contributed by atoms with Crippen LogP contribution < -0.4 is 0 Å². The quantitative estimate of drug-likeness (QED) is 0.579. The van der Waals surface area contributed by atoms with Crippen LogP contribution in [0.4, 0.5) is 0 Å². The van der Waals surface area contributed by atoms with Gasteiger partial charge in [-0.05, 0) is 74.7 Å². The molecule has 0 amide bonds. The number of hydrogen-bond donors (Lipinski definition) is 0. The van der Waals surface area contributed by atoms with Crippen molar-refractivity contribution in [1.82, 2.24) is 4.90 Å². The molecule has 1 heteroatoms. The molecule has 1 atom stereocenters. The third kappa shape index (κ3) is 5.71. The second kappa shape index (κ2) is 9.77. The number of aryl methyl sites for hydroxylation is 1. The van der Waals surface area contributed by atoms with E-state index >= 15 is 0 Å². The van der Waals surface area contributed by atoms with Crippen molar-refractivity contribution in [3.63, 3.8) is 0 Å². The molecule has 0 saturated carbocycles. The van der Waals surface area contributed by atoms with E-state index in [2.05, 4.69) is 72.5 Å². The average Bonchev–Trinajstić information content (AvgIpc) is 2.70. The topological polar surface area (TPSA) is 3.24 Å². The molecule has 2 aromatic rings. The summed E-state index contributed by atoms with van der Waals surface area (Å²) < 4.78 is 0. The van der Waals surface area contributed by atoms with Crippen LogP contribution in [0.3, 0.4) is 0 Å². The van der Waals surface area contributed by atoms with E-state index in [0.29, 0.717) is 0 Å². The molecule has 3 rings (SSSR count). The molecule has 0 aromatic heterocycles. The average molecular weight is 336 g/mol. The van der Waals surface area contributed by atoms with E-state index in [9.17, 15) is 0 Å². The van der Waals surface area contributed by atoms with Crippen LogP contribution in [-0.2, 0) is 6.42 Å². The summed E-state index contributed by atoms with van der Waals surface area (Å²) in [7, 11) is 0. The highest BCUT2D eigenvalue weighted by atomic mass is 15.1. The maximum absolute atomic E-state index is 2.70. The molecule has 1 heterocycles. The normalized spacial score (nSPS) is 17.5. The van der Waals surface area contributed by atoms with Gasteiger partial charge in [0.05, 0.1) is 0 Å². The lowest BCUT2D eigenvalue weighted by Gasteiger charge is -2.33. The highest BCUT2D eigenvalue weighted by Crippen LogP contribution is 2.28. The van der Waals surface area contributed by atoms with Crippen LogP contribution in [0.15, 0.2) is 60.7 Å². The number of nitrogens with zero attached hydrogens (tertiary/aromatic N) is 1. The molecule has 134 valence electrons. The molecular weight excluding hydrogens is 302 g/mol. The number of likely N-dealkylation sites (tertiary alicyclic amines) is 1. The molecule has 25 heavy (non-hydrogen) atoms. The van der Waals surface area contributed by atoms with Gasteiger partial charge in [-0.3, -0.25) is 0 Å². The molecule has 1 saturated heterocycles. The summed E-state index contributed by atoms with van der Waals surface area (Å²) in [6.45, 7) is 6.19. The van der Waals surface area contributed by atoms with Crippen LogP contribution in [-0.4, -0.2) is 24.5 Å². The lowest BCUT2D eigenvalue weighted by Crippen LogP contribution is -2.34. The fourth-order valence-corrected chi connectivity index (χ4v) is 4.15. The van der Waals surface area contributed by atoms with Crippen molar-refractivity contribution < 1.29 is 0 Å². The van der Waals surface area contributed by atoms with Crippen molar-refractivity contribution in [1.29, 1.82) is 0 Å². The van der Waals surface area contributed by atoms with Gasteiger partial charge in [-0.2, -0.15) is 0 Å². The number of piperidine rings is 1. The first-order valence-corrected chi connectivity index (χ1v) is 10.2. The Kier molecular flexibility index (Phi) is 7.11. The van der Waals surface area contributed by atoms with Gasteiger partial charge in [0, 0.05) is 0 Å². The first-order valence-electron chi connectivity index (χ1n) is 10.2. The van der Waals surface area contributed by atoms with E-state index in [1.54, 1.807) is 0 Å². The van der Waals surface area contributed by atoms with E-state index in [1.807, 2.05) is 0 Å². The predicted octanol–water partition coefficient (Wildman–Crippen LogP) is 5.92. The molecule has 1 aliphatic rings. The summed E-state index contributed by atoms with van der Waals surface area (Å²) in [5.74, 6) is 1.64.